The van der Waals surface area contributed by atoms with E-state index in [9.17, 15) is 13.2 Å². The Morgan fingerprint density at radius 2 is 2.21 bits per heavy atom. The summed E-state index contributed by atoms with van der Waals surface area (Å²) in [6.45, 7) is 2.59. The minimum atomic E-state index is -5.08. The lowest BCUT2D eigenvalue weighted by atomic mass is 10.2. The van der Waals surface area contributed by atoms with Crippen molar-refractivity contribution in [2.45, 2.75) is 18.9 Å². The van der Waals surface area contributed by atoms with Crippen molar-refractivity contribution in [2.24, 2.45) is 7.05 Å². The third kappa shape index (κ3) is 5.71. The number of nitrogens with one attached hydrogen (secondary N) is 1. The van der Waals surface area contributed by atoms with Crippen LogP contribution in [0.3, 0.4) is 0 Å². The Morgan fingerprint density at radius 1 is 1.63 bits per heavy atom. The van der Waals surface area contributed by atoms with Crippen LogP contribution >= 0.6 is 0 Å². The average Bonchev–Trinajstić information content (AvgIpc) is 2.61. The van der Waals surface area contributed by atoms with Gasteiger partial charge in [0.25, 0.3) is 0 Å². The predicted molar refractivity (Wildman–Crippen MR) is 58.3 cm³/mol. The number of carboxylic acids is 1. The molecule has 0 saturated carbocycles. The number of aryl methyl sites for hydroxylation is 1. The Bertz CT molecular complexity index is 416. The molecule has 2 N–H and O–H groups in total. The van der Waals surface area contributed by atoms with Gasteiger partial charge in [-0.15, -0.1) is 0 Å². The van der Waals surface area contributed by atoms with Crippen molar-refractivity contribution in [3.05, 3.63) is 18.0 Å². The molecule has 0 spiro atoms. The molecule has 2 heterocycles. The molecule has 0 atom stereocenters. The summed E-state index contributed by atoms with van der Waals surface area (Å²) in [7, 11) is 1.91. The van der Waals surface area contributed by atoms with Crippen LogP contribution in [-0.2, 0) is 23.2 Å². The quantitative estimate of drug-likeness (QED) is 0.845. The Labute approximate surface area is 107 Å². The summed E-state index contributed by atoms with van der Waals surface area (Å²) in [5.41, 5.74) is 1.00. The standard InChI is InChI=1S/C8H13N3O.C2HF3O2/c1-11-3-2-7(10-11)6-12-8-4-9-5-8;3-2(4,5)1(6)7/h2-3,8-9H,4-6H2,1H3;(H,6,7). The molecule has 1 aliphatic rings. The molecule has 19 heavy (non-hydrogen) atoms. The SMILES string of the molecule is Cn1ccc(COC2CNC2)n1.O=C(O)C(F)(F)F. The number of aliphatic carboxylic acids is 1. The van der Waals surface area contributed by atoms with Crippen LogP contribution in [-0.4, -0.2) is 46.2 Å². The van der Waals surface area contributed by atoms with Gasteiger partial charge in [0.2, 0.25) is 0 Å². The van der Waals surface area contributed by atoms with Crippen LogP contribution in [0.15, 0.2) is 12.3 Å². The molecule has 1 aromatic rings. The number of ether oxygens (including phenoxy) is 1. The predicted octanol–water partition coefficient (Wildman–Crippen LogP) is 0.542. The Hall–Kier alpha value is -1.61. The lowest BCUT2D eigenvalue weighted by Crippen LogP contribution is -2.48. The molecule has 0 bridgehead atoms. The molecule has 1 aromatic heterocycles. The van der Waals surface area contributed by atoms with Crippen molar-refractivity contribution in [1.82, 2.24) is 15.1 Å². The van der Waals surface area contributed by atoms with Gasteiger partial charge in [-0.3, -0.25) is 4.68 Å². The number of alkyl halides is 3. The summed E-state index contributed by atoms with van der Waals surface area (Å²) >= 11 is 0. The maximum Gasteiger partial charge on any atom is 0.490 e. The van der Waals surface area contributed by atoms with Crippen LogP contribution in [0.4, 0.5) is 13.2 Å². The number of halogens is 3. The smallest absolute Gasteiger partial charge is 0.475 e. The van der Waals surface area contributed by atoms with Gasteiger partial charge >= 0.3 is 12.1 Å². The van der Waals surface area contributed by atoms with E-state index in [4.69, 9.17) is 14.6 Å². The maximum atomic E-state index is 10.6. The number of carboxylic acid groups (broad SMARTS) is 1. The summed E-state index contributed by atoms with van der Waals surface area (Å²) in [4.78, 5) is 8.90. The van der Waals surface area contributed by atoms with Gasteiger partial charge in [0.1, 0.15) is 0 Å². The molecule has 0 amide bonds. The van der Waals surface area contributed by atoms with Crippen LogP contribution in [0.2, 0.25) is 0 Å². The normalized spacial score (nSPS) is 15.4. The van der Waals surface area contributed by atoms with E-state index in [1.165, 1.54) is 0 Å². The van der Waals surface area contributed by atoms with E-state index in [2.05, 4.69) is 10.4 Å². The molecule has 1 saturated heterocycles. The summed E-state index contributed by atoms with van der Waals surface area (Å²) in [5.74, 6) is -2.76. The maximum absolute atomic E-state index is 10.6. The molecular weight excluding hydrogens is 267 g/mol. The monoisotopic (exact) mass is 281 g/mol. The van der Waals surface area contributed by atoms with E-state index in [-0.39, 0.29) is 0 Å². The molecule has 0 aliphatic carbocycles. The first kappa shape index (κ1) is 15.4. The highest BCUT2D eigenvalue weighted by molar-refractivity contribution is 5.73. The fourth-order valence-electron chi connectivity index (χ4n) is 1.12. The topological polar surface area (TPSA) is 76.4 Å². The lowest BCUT2D eigenvalue weighted by Gasteiger charge is -2.26. The Kier molecular flexibility index (Phi) is 5.31. The highest BCUT2D eigenvalue weighted by Gasteiger charge is 2.38. The van der Waals surface area contributed by atoms with E-state index >= 15 is 0 Å². The van der Waals surface area contributed by atoms with Crippen LogP contribution in [0.5, 0.6) is 0 Å². The second-order valence-corrected chi connectivity index (χ2v) is 3.87. The number of aromatic nitrogens is 2. The Balaban J connectivity index is 0.000000224. The highest BCUT2D eigenvalue weighted by atomic mass is 19.4. The molecule has 2 rings (SSSR count). The van der Waals surface area contributed by atoms with E-state index in [0.717, 1.165) is 18.8 Å². The minimum absolute atomic E-state index is 0.395. The average molecular weight is 281 g/mol. The van der Waals surface area contributed by atoms with Crippen LogP contribution in [0, 0.1) is 0 Å². The van der Waals surface area contributed by atoms with Crippen molar-refractivity contribution in [2.75, 3.05) is 13.1 Å². The number of nitrogens with zero attached hydrogens (tertiary/aromatic N) is 2. The van der Waals surface area contributed by atoms with Crippen molar-refractivity contribution in [3.8, 4) is 0 Å². The van der Waals surface area contributed by atoms with Gasteiger partial charge in [-0.1, -0.05) is 0 Å². The van der Waals surface area contributed by atoms with Crippen molar-refractivity contribution >= 4 is 5.97 Å². The number of carbonyl (C=O) groups is 1. The summed E-state index contributed by atoms with van der Waals surface area (Å²) in [6.07, 6.45) is -2.76. The van der Waals surface area contributed by atoms with Crippen molar-refractivity contribution in [3.63, 3.8) is 0 Å². The van der Waals surface area contributed by atoms with Gasteiger partial charge in [-0.2, -0.15) is 18.3 Å². The van der Waals surface area contributed by atoms with Gasteiger partial charge in [-0.25, -0.2) is 4.79 Å². The summed E-state index contributed by atoms with van der Waals surface area (Å²) in [6, 6.07) is 1.98. The summed E-state index contributed by atoms with van der Waals surface area (Å²) < 4.78 is 39.1. The fraction of sp³-hybridized carbons (Fsp3) is 0.600. The number of hydrogen-bond acceptors (Lipinski definition) is 4. The minimum Gasteiger partial charge on any atom is -0.475 e. The molecule has 1 aliphatic heterocycles. The molecule has 0 aromatic carbocycles. The molecule has 108 valence electrons. The number of rotatable bonds is 3. The van der Waals surface area contributed by atoms with Crippen LogP contribution in [0.25, 0.3) is 0 Å². The van der Waals surface area contributed by atoms with Gasteiger partial charge in [0.05, 0.1) is 18.4 Å². The van der Waals surface area contributed by atoms with Gasteiger partial charge in [-0.05, 0) is 6.07 Å². The highest BCUT2D eigenvalue weighted by Crippen LogP contribution is 2.13. The first-order chi connectivity index (χ1) is 8.79. The Morgan fingerprint density at radius 3 is 2.53 bits per heavy atom. The summed E-state index contributed by atoms with van der Waals surface area (Å²) in [5, 5.41) is 14.5. The van der Waals surface area contributed by atoms with E-state index in [1.807, 2.05) is 19.3 Å². The zero-order valence-corrected chi connectivity index (χ0v) is 10.1. The molecular formula is C10H14F3N3O3. The number of hydrogen-bond donors (Lipinski definition) is 2. The molecule has 6 nitrogen and oxygen atoms in total. The first-order valence-electron chi connectivity index (χ1n) is 5.40. The van der Waals surface area contributed by atoms with E-state index in [0.29, 0.717) is 12.7 Å². The lowest BCUT2D eigenvalue weighted by molar-refractivity contribution is -0.192. The van der Waals surface area contributed by atoms with Gasteiger partial charge in [0, 0.05) is 26.3 Å². The largest absolute Gasteiger partial charge is 0.490 e. The zero-order chi connectivity index (χ0) is 14.5. The second-order valence-electron chi connectivity index (χ2n) is 3.87. The van der Waals surface area contributed by atoms with Crippen molar-refractivity contribution in [1.29, 1.82) is 0 Å². The molecule has 0 radical (unpaired) electrons. The molecule has 0 unspecified atom stereocenters. The van der Waals surface area contributed by atoms with E-state index < -0.39 is 12.1 Å². The molecule has 9 heteroatoms. The molecule has 1 fully saturated rings. The first-order valence-corrected chi connectivity index (χ1v) is 5.40. The van der Waals surface area contributed by atoms with Gasteiger partial charge < -0.3 is 15.2 Å². The van der Waals surface area contributed by atoms with Crippen molar-refractivity contribution < 1.29 is 27.8 Å². The zero-order valence-electron chi connectivity index (χ0n) is 10.1. The van der Waals surface area contributed by atoms with Crippen LogP contribution in [0.1, 0.15) is 5.69 Å². The van der Waals surface area contributed by atoms with E-state index in [1.54, 1.807) is 4.68 Å². The van der Waals surface area contributed by atoms with Crippen LogP contribution < -0.4 is 5.32 Å². The third-order valence-corrected chi connectivity index (χ3v) is 2.22. The second kappa shape index (κ2) is 6.53. The fourth-order valence-corrected chi connectivity index (χ4v) is 1.12. The third-order valence-electron chi connectivity index (χ3n) is 2.22. The van der Waals surface area contributed by atoms with Gasteiger partial charge in [0.15, 0.2) is 0 Å².